The highest BCUT2D eigenvalue weighted by Crippen LogP contribution is 2.43. The summed E-state index contributed by atoms with van der Waals surface area (Å²) in [5.74, 6) is 1.64. The van der Waals surface area contributed by atoms with Crippen molar-refractivity contribution in [3.8, 4) is 27.9 Å². The molecule has 0 fully saturated rings. The van der Waals surface area contributed by atoms with Crippen LogP contribution in [0.15, 0.2) is 204 Å². The molecular formula is C50H36N4. The third-order valence-corrected chi connectivity index (χ3v) is 10.6. The molecular weight excluding hydrogens is 657 g/mol. The van der Waals surface area contributed by atoms with Gasteiger partial charge in [-0.05, 0) is 62.9 Å². The summed E-state index contributed by atoms with van der Waals surface area (Å²) in [5, 5.41) is 4.95. The fourth-order valence-corrected chi connectivity index (χ4v) is 8.04. The first-order valence-corrected chi connectivity index (χ1v) is 18.4. The molecule has 0 amide bonds. The van der Waals surface area contributed by atoms with Crippen LogP contribution in [-0.4, -0.2) is 28.2 Å². The summed E-state index contributed by atoms with van der Waals surface area (Å²) >= 11 is 0. The van der Waals surface area contributed by atoms with Gasteiger partial charge in [-0.1, -0.05) is 170 Å². The molecule has 1 aliphatic heterocycles. The Morgan fingerprint density at radius 3 is 1.61 bits per heavy atom. The lowest BCUT2D eigenvalue weighted by atomic mass is 9.94. The second-order valence-electron chi connectivity index (χ2n) is 13.9. The molecule has 0 spiro atoms. The minimum Gasteiger partial charge on any atom is -0.333 e. The molecule has 0 radical (unpaired) electrons. The van der Waals surface area contributed by atoms with Gasteiger partial charge in [0.2, 0.25) is 0 Å². The van der Waals surface area contributed by atoms with Crippen molar-refractivity contribution in [3.05, 3.63) is 211 Å². The van der Waals surface area contributed by atoms with Crippen LogP contribution in [0.3, 0.4) is 0 Å². The zero-order valence-electron chi connectivity index (χ0n) is 29.8. The van der Waals surface area contributed by atoms with Crippen LogP contribution >= 0.6 is 0 Å². The molecule has 54 heavy (non-hydrogen) atoms. The van der Waals surface area contributed by atoms with Crippen LogP contribution < -0.4 is 0 Å². The molecule has 4 nitrogen and oxygen atoms in total. The summed E-state index contributed by atoms with van der Waals surface area (Å²) in [7, 11) is 2.09. The second-order valence-corrected chi connectivity index (χ2v) is 13.9. The number of aliphatic imine (C=N–C) groups is 2. The Bertz CT molecular complexity index is 2870. The van der Waals surface area contributed by atoms with Gasteiger partial charge in [0, 0.05) is 34.6 Å². The van der Waals surface area contributed by atoms with Crippen LogP contribution in [-0.2, 0) is 0 Å². The quantitative estimate of drug-likeness (QED) is 0.171. The van der Waals surface area contributed by atoms with Crippen LogP contribution in [0.2, 0.25) is 0 Å². The van der Waals surface area contributed by atoms with Gasteiger partial charge in [0.1, 0.15) is 12.0 Å². The number of aromatic nitrogens is 1. The molecule has 0 bridgehead atoms. The Labute approximate surface area is 314 Å². The lowest BCUT2D eigenvalue weighted by Crippen LogP contribution is -2.35. The zero-order chi connectivity index (χ0) is 36.0. The predicted molar refractivity (Wildman–Crippen MR) is 226 cm³/mol. The van der Waals surface area contributed by atoms with Gasteiger partial charge in [-0.2, -0.15) is 0 Å². The molecule has 1 aliphatic rings. The smallest absolute Gasteiger partial charge is 0.159 e. The van der Waals surface area contributed by atoms with E-state index < -0.39 is 0 Å². The first kappa shape index (κ1) is 31.7. The van der Waals surface area contributed by atoms with Crippen LogP contribution in [0.4, 0.5) is 0 Å². The Morgan fingerprint density at radius 2 is 0.981 bits per heavy atom. The van der Waals surface area contributed by atoms with Gasteiger partial charge in [-0.15, -0.1) is 0 Å². The van der Waals surface area contributed by atoms with E-state index in [-0.39, 0.29) is 6.17 Å². The summed E-state index contributed by atoms with van der Waals surface area (Å²) in [5.41, 5.74) is 11.5. The Kier molecular flexibility index (Phi) is 7.73. The number of hydrogen-bond acceptors (Lipinski definition) is 3. The van der Waals surface area contributed by atoms with Gasteiger partial charge in [-0.25, -0.2) is 9.98 Å². The standard InChI is InChI=1S/C50H36N4/c1-53-49(38-20-9-4-10-21-38)51-48(37-18-7-3-8-19-37)52-50(53)39-29-27-36(28-30-39)43-24-14-26-45-47(43)46-42(35-16-5-2-6-17-35)23-13-25-44(46)54(45)41-32-31-34-15-11-12-22-40(34)33-41/h2-33,50H,1H3. The molecule has 2 heterocycles. The first-order chi connectivity index (χ1) is 26.7. The Morgan fingerprint density at radius 1 is 0.444 bits per heavy atom. The van der Waals surface area contributed by atoms with Crippen LogP contribution in [0.25, 0.3) is 60.5 Å². The van der Waals surface area contributed by atoms with E-state index in [1.807, 2.05) is 24.3 Å². The topological polar surface area (TPSA) is 32.9 Å². The number of amidine groups is 2. The van der Waals surface area contributed by atoms with Crippen molar-refractivity contribution in [2.75, 3.05) is 7.05 Å². The molecule has 10 rings (SSSR count). The number of benzene rings is 8. The first-order valence-electron chi connectivity index (χ1n) is 18.4. The van der Waals surface area contributed by atoms with E-state index in [1.165, 1.54) is 49.3 Å². The van der Waals surface area contributed by atoms with E-state index >= 15 is 0 Å². The maximum atomic E-state index is 5.23. The summed E-state index contributed by atoms with van der Waals surface area (Å²) in [6.45, 7) is 0. The van der Waals surface area contributed by atoms with Crippen molar-refractivity contribution in [2.45, 2.75) is 6.17 Å². The van der Waals surface area contributed by atoms with E-state index in [4.69, 9.17) is 9.98 Å². The fraction of sp³-hybridized carbons (Fsp3) is 0.0400. The normalized spacial score (nSPS) is 14.4. The molecule has 4 heteroatoms. The summed E-state index contributed by atoms with van der Waals surface area (Å²) in [6, 6.07) is 69.2. The van der Waals surface area contributed by atoms with Gasteiger partial charge >= 0.3 is 0 Å². The molecule has 0 N–H and O–H groups in total. The van der Waals surface area contributed by atoms with Gasteiger partial charge in [0.15, 0.2) is 5.84 Å². The molecule has 0 saturated heterocycles. The Hall–Kier alpha value is -7.04. The molecule has 256 valence electrons. The van der Waals surface area contributed by atoms with Gasteiger partial charge in [0.25, 0.3) is 0 Å². The highest BCUT2D eigenvalue weighted by Gasteiger charge is 2.27. The monoisotopic (exact) mass is 692 g/mol. The summed E-state index contributed by atoms with van der Waals surface area (Å²) < 4.78 is 2.43. The van der Waals surface area contributed by atoms with Crippen LogP contribution in [0, 0.1) is 0 Å². The van der Waals surface area contributed by atoms with Crippen molar-refractivity contribution in [1.82, 2.24) is 9.47 Å². The minimum absolute atomic E-state index is 0.239. The third-order valence-electron chi connectivity index (χ3n) is 10.6. The average molecular weight is 693 g/mol. The van der Waals surface area contributed by atoms with E-state index in [9.17, 15) is 0 Å². The van der Waals surface area contributed by atoms with E-state index in [1.54, 1.807) is 0 Å². The molecule has 0 saturated carbocycles. The maximum absolute atomic E-state index is 5.23. The average Bonchev–Trinajstić information content (AvgIpc) is 3.59. The molecule has 8 aromatic carbocycles. The van der Waals surface area contributed by atoms with Crippen molar-refractivity contribution >= 4 is 44.2 Å². The van der Waals surface area contributed by atoms with Crippen LogP contribution in [0.1, 0.15) is 22.9 Å². The number of fused-ring (bicyclic) bond motifs is 4. The van der Waals surface area contributed by atoms with Crippen molar-refractivity contribution < 1.29 is 0 Å². The predicted octanol–water partition coefficient (Wildman–Crippen LogP) is 12.1. The lowest BCUT2D eigenvalue weighted by Gasteiger charge is -2.32. The fourth-order valence-electron chi connectivity index (χ4n) is 8.04. The second kappa shape index (κ2) is 13.2. The van der Waals surface area contributed by atoms with Gasteiger partial charge in [-0.3, -0.25) is 0 Å². The number of rotatable bonds is 6. The molecule has 1 aromatic heterocycles. The minimum atomic E-state index is -0.239. The lowest BCUT2D eigenvalue weighted by molar-refractivity contribution is 0.383. The number of nitrogens with zero attached hydrogens (tertiary/aromatic N) is 4. The molecule has 1 atom stereocenters. The van der Waals surface area contributed by atoms with Crippen LogP contribution in [0.5, 0.6) is 0 Å². The highest BCUT2D eigenvalue weighted by molar-refractivity contribution is 6.21. The summed E-state index contributed by atoms with van der Waals surface area (Å²) in [6.07, 6.45) is -0.239. The van der Waals surface area contributed by atoms with E-state index in [2.05, 4.69) is 186 Å². The summed E-state index contributed by atoms with van der Waals surface area (Å²) in [4.78, 5) is 12.5. The van der Waals surface area contributed by atoms with E-state index in [0.29, 0.717) is 0 Å². The molecule has 9 aromatic rings. The SMILES string of the molecule is CN1C(c2ccccc2)=NC(c2ccccc2)=NC1c1ccc(-c2cccc3c2c2c(-c4ccccc4)cccc2n3-c2ccc3ccccc3c2)cc1. The van der Waals surface area contributed by atoms with Crippen molar-refractivity contribution in [2.24, 2.45) is 9.98 Å². The largest absolute Gasteiger partial charge is 0.333 e. The number of hydrogen-bond donors (Lipinski definition) is 0. The van der Waals surface area contributed by atoms with Crippen molar-refractivity contribution in [1.29, 1.82) is 0 Å². The Balaban J connectivity index is 1.14. The van der Waals surface area contributed by atoms with Gasteiger partial charge in [0.05, 0.1) is 11.0 Å². The highest BCUT2D eigenvalue weighted by atomic mass is 15.3. The zero-order valence-corrected chi connectivity index (χ0v) is 29.8. The molecule has 0 aliphatic carbocycles. The van der Waals surface area contributed by atoms with Gasteiger partial charge < -0.3 is 9.47 Å². The third kappa shape index (κ3) is 5.39. The maximum Gasteiger partial charge on any atom is 0.159 e. The molecule has 1 unspecified atom stereocenters. The van der Waals surface area contributed by atoms with E-state index in [0.717, 1.165) is 39.6 Å². The van der Waals surface area contributed by atoms with Crippen molar-refractivity contribution in [3.63, 3.8) is 0 Å².